The van der Waals surface area contributed by atoms with E-state index in [2.05, 4.69) is 9.88 Å². The number of rotatable bonds is 4. The summed E-state index contributed by atoms with van der Waals surface area (Å²) in [7, 11) is 0. The molecule has 6 rings (SSSR count). The van der Waals surface area contributed by atoms with Crippen molar-refractivity contribution in [3.05, 3.63) is 78.0 Å². The highest BCUT2D eigenvalue weighted by atomic mass is 19.1. The van der Waals surface area contributed by atoms with Gasteiger partial charge < -0.3 is 20.6 Å². The molecular weight excluding hydrogens is 486 g/mol. The van der Waals surface area contributed by atoms with Gasteiger partial charge in [0.25, 0.3) is 5.91 Å². The maximum absolute atomic E-state index is 14.2. The van der Waals surface area contributed by atoms with E-state index in [0.29, 0.717) is 53.9 Å². The number of nitrogens with zero attached hydrogens (tertiary/aromatic N) is 3. The predicted octanol–water partition coefficient (Wildman–Crippen LogP) is 5.33. The average molecular weight is 515 g/mol. The number of hydrogen-bond donors (Lipinski definition) is 2. The van der Waals surface area contributed by atoms with Crippen molar-refractivity contribution in [3.8, 4) is 28.0 Å². The smallest absolute Gasteiger partial charge is 0.257 e. The van der Waals surface area contributed by atoms with E-state index in [-0.39, 0.29) is 23.3 Å². The van der Waals surface area contributed by atoms with Crippen molar-refractivity contribution in [2.75, 3.05) is 31.1 Å². The van der Waals surface area contributed by atoms with Crippen molar-refractivity contribution in [2.24, 2.45) is 5.73 Å². The molecule has 3 N–H and O–H groups in total. The monoisotopic (exact) mass is 514 g/mol. The zero-order chi connectivity index (χ0) is 26.4. The lowest BCUT2D eigenvalue weighted by Gasteiger charge is -2.34. The summed E-state index contributed by atoms with van der Waals surface area (Å²) < 4.78 is 28.4. The molecule has 4 aromatic rings. The number of para-hydroxylation sites is 1. The minimum atomic E-state index is -0.658. The number of aromatic nitrogens is 1. The molecule has 0 saturated carbocycles. The molecule has 2 aliphatic heterocycles. The van der Waals surface area contributed by atoms with Crippen molar-refractivity contribution < 1.29 is 18.7 Å². The van der Waals surface area contributed by atoms with Gasteiger partial charge in [0, 0.05) is 61.0 Å². The molecule has 2 fully saturated rings. The van der Waals surface area contributed by atoms with Gasteiger partial charge in [-0.2, -0.15) is 0 Å². The Morgan fingerprint density at radius 2 is 1.66 bits per heavy atom. The van der Waals surface area contributed by atoms with Crippen molar-refractivity contribution in [1.29, 1.82) is 0 Å². The summed E-state index contributed by atoms with van der Waals surface area (Å²) >= 11 is 0. The molecule has 2 aliphatic rings. The number of likely N-dealkylation sites (tertiary alicyclic amines) is 1. The molecule has 0 bridgehead atoms. The van der Waals surface area contributed by atoms with Crippen LogP contribution in [0.3, 0.4) is 0 Å². The summed E-state index contributed by atoms with van der Waals surface area (Å²) in [6.45, 7) is 2.77. The van der Waals surface area contributed by atoms with E-state index >= 15 is 0 Å². The number of fused-ring (bicyclic) bond motifs is 1. The number of benzene rings is 3. The number of carbonyl (C=O) groups excluding carboxylic acids is 1. The van der Waals surface area contributed by atoms with Gasteiger partial charge >= 0.3 is 0 Å². The molecule has 1 amide bonds. The van der Waals surface area contributed by atoms with Crippen molar-refractivity contribution in [1.82, 2.24) is 9.88 Å². The van der Waals surface area contributed by atoms with Crippen LogP contribution < -0.4 is 10.6 Å². The Hall–Kier alpha value is -4.04. The van der Waals surface area contributed by atoms with Gasteiger partial charge in [0.15, 0.2) is 0 Å². The summed E-state index contributed by atoms with van der Waals surface area (Å²) in [5.74, 6) is -1.56. The van der Waals surface area contributed by atoms with Crippen LogP contribution in [-0.2, 0) is 0 Å². The Morgan fingerprint density at radius 3 is 2.34 bits per heavy atom. The number of piperidine rings is 1. The summed E-state index contributed by atoms with van der Waals surface area (Å²) in [5.41, 5.74) is 10.2. The molecule has 6 nitrogen and oxygen atoms in total. The van der Waals surface area contributed by atoms with Crippen LogP contribution in [-0.4, -0.2) is 53.1 Å². The lowest BCUT2D eigenvalue weighted by molar-refractivity contribution is 0.0649. The first kappa shape index (κ1) is 24.3. The van der Waals surface area contributed by atoms with Gasteiger partial charge in [0.1, 0.15) is 17.4 Å². The number of amides is 1. The molecule has 3 heterocycles. The highest BCUT2D eigenvalue weighted by molar-refractivity contribution is 6.03. The Morgan fingerprint density at radius 1 is 0.921 bits per heavy atom. The normalized spacial score (nSPS) is 16.1. The van der Waals surface area contributed by atoms with E-state index in [1.54, 1.807) is 29.3 Å². The van der Waals surface area contributed by atoms with Crippen molar-refractivity contribution >= 4 is 22.5 Å². The van der Waals surface area contributed by atoms with Gasteiger partial charge in [-0.3, -0.25) is 9.78 Å². The van der Waals surface area contributed by atoms with E-state index in [1.165, 1.54) is 12.1 Å². The van der Waals surface area contributed by atoms with Crippen molar-refractivity contribution in [3.63, 3.8) is 0 Å². The summed E-state index contributed by atoms with van der Waals surface area (Å²) in [4.78, 5) is 21.4. The fraction of sp³-hybridized carbons (Fsp3) is 0.267. The Labute approximate surface area is 219 Å². The molecule has 8 heteroatoms. The molecular formula is C30H28F2N4O2. The zero-order valence-corrected chi connectivity index (χ0v) is 20.8. The molecule has 194 valence electrons. The minimum absolute atomic E-state index is 0.0643. The van der Waals surface area contributed by atoms with Gasteiger partial charge in [0.05, 0.1) is 16.8 Å². The number of nitrogens with two attached hydrogens (primary N) is 1. The number of anilines is 1. The molecule has 0 atom stereocenters. The fourth-order valence-corrected chi connectivity index (χ4v) is 5.37. The number of hydrogen-bond acceptors (Lipinski definition) is 5. The zero-order valence-electron chi connectivity index (χ0n) is 20.8. The van der Waals surface area contributed by atoms with Gasteiger partial charge in [0.2, 0.25) is 0 Å². The maximum atomic E-state index is 14.2. The van der Waals surface area contributed by atoms with Crippen LogP contribution in [0.4, 0.5) is 14.5 Å². The number of phenols is 1. The highest BCUT2D eigenvalue weighted by Gasteiger charge is 2.26. The molecule has 0 spiro atoms. The fourth-order valence-electron chi connectivity index (χ4n) is 5.37. The average Bonchev–Trinajstić information content (AvgIpc) is 2.87. The number of pyridine rings is 1. The lowest BCUT2D eigenvalue weighted by atomic mass is 9.95. The standard InChI is InChI=1S/C30H28F2N4O2/c31-20-13-19(14-21(32)16-20)26-17-34-27-6-5-18(15-25(27)28(26)35-11-7-22(33)8-12-35)23-3-1-4-24(29(23)37)30(38)36-9-2-10-36/h1,3-6,13-17,22,37H,2,7-12,33H2. The topological polar surface area (TPSA) is 82.7 Å². The van der Waals surface area contributed by atoms with Crippen molar-refractivity contribution in [2.45, 2.75) is 25.3 Å². The number of aromatic hydroxyl groups is 1. The molecule has 38 heavy (non-hydrogen) atoms. The Balaban J connectivity index is 1.52. The maximum Gasteiger partial charge on any atom is 0.257 e. The van der Waals surface area contributed by atoms with Crippen LogP contribution in [0.25, 0.3) is 33.2 Å². The summed E-state index contributed by atoms with van der Waals surface area (Å²) in [5, 5.41) is 11.9. The van der Waals surface area contributed by atoms with Crippen LogP contribution in [0.2, 0.25) is 0 Å². The summed E-state index contributed by atoms with van der Waals surface area (Å²) in [6, 6.07) is 14.4. The number of carbonyl (C=O) groups is 1. The minimum Gasteiger partial charge on any atom is -0.506 e. The second-order valence-electron chi connectivity index (χ2n) is 10.1. The van der Waals surface area contributed by atoms with E-state index in [1.807, 2.05) is 18.2 Å². The SMILES string of the molecule is NC1CCN(c2c(-c3cc(F)cc(F)c3)cnc3ccc(-c4cccc(C(=O)N5CCC5)c4O)cc23)CC1. The van der Waals surface area contributed by atoms with E-state index in [4.69, 9.17) is 5.73 Å². The number of phenolic OH excluding ortho intramolecular Hbond substituents is 1. The largest absolute Gasteiger partial charge is 0.506 e. The second-order valence-corrected chi connectivity index (χ2v) is 10.1. The molecule has 0 radical (unpaired) electrons. The summed E-state index contributed by atoms with van der Waals surface area (Å²) in [6.07, 6.45) is 4.21. The molecule has 0 aliphatic carbocycles. The first-order valence-corrected chi connectivity index (χ1v) is 12.9. The second kappa shape index (κ2) is 9.68. The van der Waals surface area contributed by atoms with Gasteiger partial charge in [-0.1, -0.05) is 18.2 Å². The highest BCUT2D eigenvalue weighted by Crippen LogP contribution is 2.41. The van der Waals surface area contributed by atoms with E-state index in [0.717, 1.165) is 36.4 Å². The van der Waals surface area contributed by atoms with Gasteiger partial charge in [-0.25, -0.2) is 8.78 Å². The van der Waals surface area contributed by atoms with Crippen LogP contribution >= 0.6 is 0 Å². The Bertz CT molecular complexity index is 1530. The van der Waals surface area contributed by atoms with Crippen LogP contribution in [0.1, 0.15) is 29.6 Å². The number of halogens is 2. The van der Waals surface area contributed by atoms with Crippen LogP contribution in [0.5, 0.6) is 5.75 Å². The molecule has 2 saturated heterocycles. The third-order valence-electron chi connectivity index (χ3n) is 7.59. The quantitative estimate of drug-likeness (QED) is 0.385. The van der Waals surface area contributed by atoms with Gasteiger partial charge in [-0.15, -0.1) is 0 Å². The van der Waals surface area contributed by atoms with E-state index in [9.17, 15) is 18.7 Å². The lowest BCUT2D eigenvalue weighted by Crippen LogP contribution is -2.42. The third-order valence-corrected chi connectivity index (χ3v) is 7.59. The van der Waals surface area contributed by atoms with E-state index < -0.39 is 11.6 Å². The van der Waals surface area contributed by atoms with Crippen LogP contribution in [0, 0.1) is 11.6 Å². The van der Waals surface area contributed by atoms with Crippen LogP contribution in [0.15, 0.2) is 60.8 Å². The molecule has 1 aromatic heterocycles. The molecule has 3 aromatic carbocycles. The first-order chi connectivity index (χ1) is 18.4. The predicted molar refractivity (Wildman–Crippen MR) is 144 cm³/mol. The Kier molecular flexibility index (Phi) is 6.19. The third kappa shape index (κ3) is 4.35. The molecule has 0 unspecified atom stereocenters. The van der Waals surface area contributed by atoms with Gasteiger partial charge in [-0.05, 0) is 60.7 Å². The first-order valence-electron chi connectivity index (χ1n) is 12.9.